The van der Waals surface area contributed by atoms with Crippen LogP contribution in [0, 0.1) is 18.4 Å². The molecule has 1 aliphatic heterocycles. The van der Waals surface area contributed by atoms with E-state index in [-0.39, 0.29) is 48.0 Å². The van der Waals surface area contributed by atoms with Gasteiger partial charge in [-0.05, 0) is 57.5 Å². The van der Waals surface area contributed by atoms with Gasteiger partial charge in [-0.25, -0.2) is 19.0 Å². The zero-order valence-corrected chi connectivity index (χ0v) is 28.2. The fourth-order valence-corrected chi connectivity index (χ4v) is 5.63. The number of hydrogen-bond donors (Lipinski definition) is 3. The van der Waals surface area contributed by atoms with E-state index in [1.807, 2.05) is 18.7 Å². The number of alkyl halides is 1. The maximum atomic E-state index is 14.5. The molecule has 3 N–H and O–H groups in total. The molecule has 3 atom stereocenters. The van der Waals surface area contributed by atoms with Gasteiger partial charge in [-0.15, -0.1) is 0 Å². The predicted molar refractivity (Wildman–Crippen MR) is 181 cm³/mol. The Kier molecular flexibility index (Phi) is 11.2. The highest BCUT2D eigenvalue weighted by atomic mass is 35.5. The summed E-state index contributed by atoms with van der Waals surface area (Å²) in [5.74, 6) is -0.121. The van der Waals surface area contributed by atoms with E-state index in [2.05, 4.69) is 20.8 Å². The van der Waals surface area contributed by atoms with Crippen molar-refractivity contribution in [2.75, 3.05) is 43.5 Å². The number of rotatable bonds is 10. The number of benzene rings is 1. The summed E-state index contributed by atoms with van der Waals surface area (Å²) in [7, 11) is 1.47. The van der Waals surface area contributed by atoms with Crippen LogP contribution >= 0.6 is 11.6 Å². The zero-order chi connectivity index (χ0) is 34.5. The number of amides is 2. The predicted octanol–water partition coefficient (Wildman–Crippen LogP) is 5.81. The number of halogens is 2. The molecule has 1 fully saturated rings. The molecule has 0 spiro atoms. The molecule has 1 unspecified atom stereocenters. The molecule has 2 amide bonds. The van der Waals surface area contributed by atoms with E-state index in [0.29, 0.717) is 47.7 Å². The number of carbonyl (C=O) groups excluding carboxylic acids is 2. The first kappa shape index (κ1) is 35.3. The summed E-state index contributed by atoms with van der Waals surface area (Å²) < 4.78 is 27.0. The maximum absolute atomic E-state index is 14.5. The topological polar surface area (TPSA) is 131 Å². The first-order valence-electron chi connectivity index (χ1n) is 15.4. The summed E-state index contributed by atoms with van der Waals surface area (Å²) in [4.78, 5) is 47.6. The summed E-state index contributed by atoms with van der Waals surface area (Å²) in [5, 5.41) is 9.24. The molecular weight excluding hydrogens is 629 g/mol. The second-order valence-electron chi connectivity index (χ2n) is 12.7. The number of ether oxygens (including phenoxy) is 2. The molecule has 0 bridgehead atoms. The second kappa shape index (κ2) is 14.9. The van der Waals surface area contributed by atoms with Gasteiger partial charge < -0.3 is 34.9 Å². The molecule has 3 aromatic rings. The highest BCUT2D eigenvalue weighted by molar-refractivity contribution is 6.33. The van der Waals surface area contributed by atoms with Crippen LogP contribution in [0.15, 0.2) is 35.1 Å². The van der Waals surface area contributed by atoms with E-state index >= 15 is 0 Å². The highest BCUT2D eigenvalue weighted by Crippen LogP contribution is 2.38. The number of aromatic nitrogens is 2. The minimum absolute atomic E-state index is 0.0160. The van der Waals surface area contributed by atoms with Crippen molar-refractivity contribution in [2.24, 2.45) is 11.8 Å². The van der Waals surface area contributed by atoms with Crippen LogP contribution in [0.3, 0.4) is 0 Å². The largest absolute Gasteiger partial charge is 0.478 e. The Labute approximate surface area is 278 Å². The molecule has 2 aromatic heterocycles. The van der Waals surface area contributed by atoms with Crippen LogP contribution in [-0.4, -0.2) is 66.6 Å². The van der Waals surface area contributed by atoms with Gasteiger partial charge in [0.25, 0.3) is 11.5 Å². The third-order valence-electron chi connectivity index (χ3n) is 7.65. The number of hydrogen-bond acceptors (Lipinski definition) is 8. The van der Waals surface area contributed by atoms with Crippen LogP contribution < -0.4 is 31.1 Å². The van der Waals surface area contributed by atoms with E-state index in [4.69, 9.17) is 32.6 Å². The summed E-state index contributed by atoms with van der Waals surface area (Å²) in [6.07, 6.45) is -1.07. The highest BCUT2D eigenvalue weighted by Gasteiger charge is 2.33. The van der Waals surface area contributed by atoms with Crippen molar-refractivity contribution in [2.45, 2.75) is 59.4 Å². The Morgan fingerprint density at radius 3 is 2.51 bits per heavy atom. The molecule has 3 heterocycles. The maximum Gasteiger partial charge on any atom is 0.407 e. The minimum Gasteiger partial charge on any atom is -0.478 e. The lowest BCUT2D eigenvalue weighted by molar-refractivity contribution is -0.122. The zero-order valence-electron chi connectivity index (χ0n) is 27.4. The molecule has 1 aliphatic rings. The molecule has 0 aliphatic carbocycles. The summed E-state index contributed by atoms with van der Waals surface area (Å²) in [6.45, 7) is 17.7. The second-order valence-corrected chi connectivity index (χ2v) is 13.1. The number of aryl methyl sites for hydroxylation is 1. The normalized spacial score (nSPS) is 17.9. The number of likely N-dealkylation sites (N-methyl/N-ethyl adjacent to an activating group) is 1. The molecular formula is C33H41ClFN7O5. The number of piperidine rings is 1. The number of pyridine rings is 2. The van der Waals surface area contributed by atoms with Crippen LogP contribution in [0.4, 0.5) is 32.2 Å². The molecule has 0 radical (unpaired) electrons. The van der Waals surface area contributed by atoms with Gasteiger partial charge in [0.05, 0.1) is 17.1 Å². The third kappa shape index (κ3) is 8.83. The van der Waals surface area contributed by atoms with Gasteiger partial charge in [-0.1, -0.05) is 25.4 Å². The molecule has 252 valence electrons. The quantitative estimate of drug-likeness (QED) is 0.182. The van der Waals surface area contributed by atoms with Crippen LogP contribution in [0.2, 0.25) is 5.02 Å². The monoisotopic (exact) mass is 669 g/mol. The van der Waals surface area contributed by atoms with Crippen LogP contribution in [0.25, 0.3) is 15.7 Å². The van der Waals surface area contributed by atoms with Crippen molar-refractivity contribution in [3.8, 4) is 5.75 Å². The third-order valence-corrected chi connectivity index (χ3v) is 7.94. The lowest BCUT2D eigenvalue weighted by atomic mass is 9.89. The van der Waals surface area contributed by atoms with Crippen molar-refractivity contribution in [3.05, 3.63) is 57.1 Å². The SMILES string of the molecule is [C-]#[N+]c1cc(Cl)c(Nc2ccc3c(c2)cc(OCC(=O)NC)c(=O)n3CCCNC(=O)OC(C)(C)C)nc1N1C[C@@H](C)C(F)[C@@H](C)C1. The Balaban J connectivity index is 1.64. The number of anilines is 3. The lowest BCUT2D eigenvalue weighted by Gasteiger charge is -2.39. The summed E-state index contributed by atoms with van der Waals surface area (Å²) in [5.41, 5.74) is 0.406. The number of carbonyl (C=O) groups is 2. The number of nitrogens with one attached hydrogen (secondary N) is 3. The standard InChI is InChI=1S/C33H41ClFN7O5/c1-19-16-41(17-20(2)28(19)35)30-24(36-6)15-23(34)29(40-30)39-22-9-10-25-21(13-22)14-26(46-18-27(43)37-7)31(44)42(25)12-8-11-38-32(45)47-33(3,4)5/h9-10,13-15,19-20,28H,8,11-12,16-18H2,1-5,7H3,(H,37,43)(H,38,45)(H,39,40)/t19-,20+,28?. The van der Waals surface area contributed by atoms with Crippen molar-refractivity contribution >= 4 is 57.5 Å². The van der Waals surface area contributed by atoms with Gasteiger partial charge in [0.15, 0.2) is 12.4 Å². The number of nitrogens with zero attached hydrogens (tertiary/aromatic N) is 4. The molecule has 1 aromatic carbocycles. The first-order valence-corrected chi connectivity index (χ1v) is 15.8. The molecule has 12 nitrogen and oxygen atoms in total. The Morgan fingerprint density at radius 2 is 1.87 bits per heavy atom. The Morgan fingerprint density at radius 1 is 1.17 bits per heavy atom. The fourth-order valence-electron chi connectivity index (χ4n) is 5.44. The van der Waals surface area contributed by atoms with Crippen LogP contribution in [-0.2, 0) is 16.1 Å². The molecule has 14 heteroatoms. The van der Waals surface area contributed by atoms with Crippen molar-refractivity contribution < 1.29 is 23.5 Å². The van der Waals surface area contributed by atoms with Crippen LogP contribution in [0.1, 0.15) is 41.0 Å². The van der Waals surface area contributed by atoms with Gasteiger partial charge in [0.2, 0.25) is 5.69 Å². The number of alkyl carbamates (subject to hydrolysis) is 1. The summed E-state index contributed by atoms with van der Waals surface area (Å²) in [6, 6.07) is 8.43. The molecule has 0 saturated carbocycles. The van der Waals surface area contributed by atoms with Gasteiger partial charge in [0.1, 0.15) is 23.4 Å². The summed E-state index contributed by atoms with van der Waals surface area (Å²) >= 11 is 6.56. The fraction of sp³-hybridized carbons (Fsp3) is 0.485. The van der Waals surface area contributed by atoms with Crippen molar-refractivity contribution in [1.82, 2.24) is 20.2 Å². The van der Waals surface area contributed by atoms with Gasteiger partial charge in [-0.3, -0.25) is 9.59 Å². The van der Waals surface area contributed by atoms with E-state index < -0.39 is 29.3 Å². The van der Waals surface area contributed by atoms with Gasteiger partial charge in [-0.2, -0.15) is 0 Å². The van der Waals surface area contributed by atoms with Gasteiger partial charge in [0, 0.05) is 56.1 Å². The first-order chi connectivity index (χ1) is 22.2. The molecule has 1 saturated heterocycles. The molecule has 47 heavy (non-hydrogen) atoms. The average Bonchev–Trinajstić information content (AvgIpc) is 3.01. The average molecular weight is 670 g/mol. The Hall–Kier alpha value is -4.57. The smallest absolute Gasteiger partial charge is 0.407 e. The minimum atomic E-state index is -0.936. The van der Waals surface area contributed by atoms with Crippen molar-refractivity contribution in [1.29, 1.82) is 0 Å². The lowest BCUT2D eigenvalue weighted by Crippen LogP contribution is -2.46. The molecule has 4 rings (SSSR count). The van der Waals surface area contributed by atoms with E-state index in [9.17, 15) is 18.8 Å². The Bertz CT molecular complexity index is 1720. The van der Waals surface area contributed by atoms with Crippen molar-refractivity contribution in [3.63, 3.8) is 0 Å². The van der Waals surface area contributed by atoms with Gasteiger partial charge >= 0.3 is 6.09 Å². The van der Waals surface area contributed by atoms with E-state index in [1.54, 1.807) is 51.1 Å². The van der Waals surface area contributed by atoms with E-state index in [1.165, 1.54) is 11.6 Å². The van der Waals surface area contributed by atoms with Crippen LogP contribution in [0.5, 0.6) is 5.75 Å². The van der Waals surface area contributed by atoms with E-state index in [0.717, 1.165) is 0 Å². The number of fused-ring (bicyclic) bond motifs is 1.